The SMILES string of the molecule is CC1CCN(c2ncc(C(=O)Nc3cccc(Cl)c3Cl)cn2)CC1. The van der Waals surface area contributed by atoms with Gasteiger partial charge in [-0.2, -0.15) is 0 Å². The Bertz CT molecular complexity index is 728. The number of hydrogen-bond donors (Lipinski definition) is 1. The molecule has 2 aromatic rings. The summed E-state index contributed by atoms with van der Waals surface area (Å²) in [5, 5.41) is 3.42. The Morgan fingerprint density at radius 2 is 1.88 bits per heavy atom. The smallest absolute Gasteiger partial charge is 0.258 e. The minimum Gasteiger partial charge on any atom is -0.341 e. The maximum Gasteiger partial charge on any atom is 0.258 e. The molecule has 1 fully saturated rings. The van der Waals surface area contributed by atoms with E-state index in [0.717, 1.165) is 31.8 Å². The summed E-state index contributed by atoms with van der Waals surface area (Å²) < 4.78 is 0. The average Bonchev–Trinajstić information content (AvgIpc) is 2.60. The number of anilines is 2. The topological polar surface area (TPSA) is 58.1 Å². The zero-order chi connectivity index (χ0) is 17.1. The van der Waals surface area contributed by atoms with E-state index in [-0.39, 0.29) is 5.91 Å². The van der Waals surface area contributed by atoms with Gasteiger partial charge in [-0.1, -0.05) is 36.2 Å². The summed E-state index contributed by atoms with van der Waals surface area (Å²) in [7, 11) is 0. The van der Waals surface area contributed by atoms with Crippen LogP contribution in [0.5, 0.6) is 0 Å². The van der Waals surface area contributed by atoms with E-state index >= 15 is 0 Å². The van der Waals surface area contributed by atoms with Crippen molar-refractivity contribution in [2.24, 2.45) is 5.92 Å². The molecule has 2 heterocycles. The lowest BCUT2D eigenvalue weighted by molar-refractivity contribution is 0.102. The number of nitrogens with zero attached hydrogens (tertiary/aromatic N) is 3. The molecule has 0 radical (unpaired) electrons. The lowest BCUT2D eigenvalue weighted by atomic mass is 10.00. The summed E-state index contributed by atoms with van der Waals surface area (Å²) in [6.45, 7) is 4.16. The molecule has 1 aliphatic heterocycles. The number of rotatable bonds is 3. The molecule has 1 aromatic carbocycles. The molecule has 0 aliphatic carbocycles. The summed E-state index contributed by atoms with van der Waals surface area (Å²) in [6.07, 6.45) is 5.35. The first kappa shape index (κ1) is 17.0. The van der Waals surface area contributed by atoms with E-state index in [0.29, 0.717) is 27.2 Å². The molecule has 1 amide bonds. The van der Waals surface area contributed by atoms with E-state index in [1.807, 2.05) is 0 Å². The average molecular weight is 365 g/mol. The van der Waals surface area contributed by atoms with Crippen molar-refractivity contribution in [2.75, 3.05) is 23.3 Å². The number of halogens is 2. The Morgan fingerprint density at radius 1 is 1.21 bits per heavy atom. The van der Waals surface area contributed by atoms with E-state index in [1.54, 1.807) is 18.2 Å². The molecule has 0 spiro atoms. The number of aromatic nitrogens is 2. The van der Waals surface area contributed by atoms with Crippen molar-refractivity contribution in [3.05, 3.63) is 46.2 Å². The number of nitrogens with one attached hydrogen (secondary N) is 1. The highest BCUT2D eigenvalue weighted by atomic mass is 35.5. The number of carbonyl (C=O) groups is 1. The highest BCUT2D eigenvalue weighted by molar-refractivity contribution is 6.44. The van der Waals surface area contributed by atoms with Crippen molar-refractivity contribution in [3.8, 4) is 0 Å². The van der Waals surface area contributed by atoms with Gasteiger partial charge in [0, 0.05) is 25.5 Å². The van der Waals surface area contributed by atoms with Crippen LogP contribution in [0.3, 0.4) is 0 Å². The Morgan fingerprint density at radius 3 is 2.54 bits per heavy atom. The highest BCUT2D eigenvalue weighted by Gasteiger charge is 2.18. The Hall–Kier alpha value is -1.85. The molecule has 1 aliphatic rings. The lowest BCUT2D eigenvalue weighted by Gasteiger charge is -2.30. The monoisotopic (exact) mass is 364 g/mol. The number of carbonyl (C=O) groups excluding carboxylic acids is 1. The van der Waals surface area contributed by atoms with Crippen molar-refractivity contribution < 1.29 is 4.79 Å². The third-order valence-corrected chi connectivity index (χ3v) is 4.99. The second kappa shape index (κ2) is 7.36. The van der Waals surface area contributed by atoms with Gasteiger partial charge in [-0.3, -0.25) is 4.79 Å². The quantitative estimate of drug-likeness (QED) is 0.883. The largest absolute Gasteiger partial charge is 0.341 e. The van der Waals surface area contributed by atoms with E-state index in [1.165, 1.54) is 12.4 Å². The summed E-state index contributed by atoms with van der Waals surface area (Å²) in [5.41, 5.74) is 0.837. The van der Waals surface area contributed by atoms with Gasteiger partial charge in [0.1, 0.15) is 0 Å². The summed E-state index contributed by atoms with van der Waals surface area (Å²) in [6, 6.07) is 5.08. The van der Waals surface area contributed by atoms with Crippen LogP contribution >= 0.6 is 23.2 Å². The van der Waals surface area contributed by atoms with Crippen LogP contribution in [0.4, 0.5) is 11.6 Å². The first-order chi connectivity index (χ1) is 11.5. The number of amides is 1. The lowest BCUT2D eigenvalue weighted by Crippen LogP contribution is -2.34. The van der Waals surface area contributed by atoms with Crippen molar-refractivity contribution in [3.63, 3.8) is 0 Å². The maximum absolute atomic E-state index is 12.3. The highest BCUT2D eigenvalue weighted by Crippen LogP contribution is 2.29. The van der Waals surface area contributed by atoms with Crippen LogP contribution in [0.1, 0.15) is 30.1 Å². The van der Waals surface area contributed by atoms with Crippen LogP contribution in [-0.2, 0) is 0 Å². The molecule has 0 atom stereocenters. The molecule has 24 heavy (non-hydrogen) atoms. The van der Waals surface area contributed by atoms with Crippen LogP contribution < -0.4 is 10.2 Å². The molecular formula is C17H18Cl2N4O. The fourth-order valence-corrected chi connectivity index (χ4v) is 2.95. The zero-order valence-electron chi connectivity index (χ0n) is 13.3. The number of hydrogen-bond acceptors (Lipinski definition) is 4. The van der Waals surface area contributed by atoms with Crippen LogP contribution in [0.25, 0.3) is 0 Å². The first-order valence-electron chi connectivity index (χ1n) is 7.87. The van der Waals surface area contributed by atoms with Crippen molar-refractivity contribution in [1.82, 2.24) is 9.97 Å². The fourth-order valence-electron chi connectivity index (χ4n) is 2.61. The van der Waals surface area contributed by atoms with Gasteiger partial charge in [0.05, 0.1) is 21.3 Å². The molecule has 126 valence electrons. The predicted molar refractivity (Wildman–Crippen MR) is 97.1 cm³/mol. The van der Waals surface area contributed by atoms with Gasteiger partial charge in [0.25, 0.3) is 5.91 Å². The van der Waals surface area contributed by atoms with Gasteiger partial charge in [-0.05, 0) is 30.9 Å². The van der Waals surface area contributed by atoms with E-state index in [2.05, 4.69) is 27.1 Å². The van der Waals surface area contributed by atoms with E-state index in [4.69, 9.17) is 23.2 Å². The molecular weight excluding hydrogens is 347 g/mol. The van der Waals surface area contributed by atoms with Crippen LogP contribution in [0.15, 0.2) is 30.6 Å². The van der Waals surface area contributed by atoms with E-state index < -0.39 is 0 Å². The molecule has 1 N–H and O–H groups in total. The zero-order valence-corrected chi connectivity index (χ0v) is 14.8. The Kier molecular flexibility index (Phi) is 5.21. The van der Waals surface area contributed by atoms with Crippen molar-refractivity contribution >= 4 is 40.7 Å². The minimum atomic E-state index is -0.321. The summed E-state index contributed by atoms with van der Waals surface area (Å²) >= 11 is 12.0. The molecule has 0 unspecified atom stereocenters. The first-order valence-corrected chi connectivity index (χ1v) is 8.62. The standard InChI is InChI=1S/C17H18Cl2N4O/c1-11-5-7-23(8-6-11)17-20-9-12(10-21-17)16(24)22-14-4-2-3-13(18)15(14)19/h2-4,9-11H,5-8H2,1H3,(H,22,24). The molecule has 7 heteroatoms. The number of benzene rings is 1. The maximum atomic E-state index is 12.3. The minimum absolute atomic E-state index is 0.312. The normalized spacial score (nSPS) is 15.4. The Balaban J connectivity index is 1.69. The van der Waals surface area contributed by atoms with Crippen molar-refractivity contribution in [2.45, 2.75) is 19.8 Å². The molecule has 3 rings (SSSR count). The van der Waals surface area contributed by atoms with Crippen LogP contribution in [-0.4, -0.2) is 29.0 Å². The second-order valence-corrected chi connectivity index (χ2v) is 6.78. The van der Waals surface area contributed by atoms with Gasteiger partial charge in [-0.15, -0.1) is 0 Å². The van der Waals surface area contributed by atoms with Gasteiger partial charge in [-0.25, -0.2) is 9.97 Å². The Labute approximate surface area is 151 Å². The van der Waals surface area contributed by atoms with Gasteiger partial charge >= 0.3 is 0 Å². The second-order valence-electron chi connectivity index (χ2n) is 6.00. The third kappa shape index (κ3) is 3.79. The van der Waals surface area contributed by atoms with Gasteiger partial charge in [0.15, 0.2) is 0 Å². The number of piperidine rings is 1. The fraction of sp³-hybridized carbons (Fsp3) is 0.353. The summed E-state index contributed by atoms with van der Waals surface area (Å²) in [5.74, 6) is 1.09. The molecule has 0 bridgehead atoms. The van der Waals surface area contributed by atoms with Crippen LogP contribution in [0.2, 0.25) is 10.0 Å². The third-order valence-electron chi connectivity index (χ3n) is 4.17. The van der Waals surface area contributed by atoms with Gasteiger partial charge < -0.3 is 10.2 Å². The molecule has 1 aromatic heterocycles. The molecule has 1 saturated heterocycles. The molecule has 0 saturated carbocycles. The predicted octanol–water partition coefficient (Wildman–Crippen LogP) is 4.27. The molecule has 5 nitrogen and oxygen atoms in total. The van der Waals surface area contributed by atoms with Crippen molar-refractivity contribution in [1.29, 1.82) is 0 Å². The van der Waals surface area contributed by atoms with Gasteiger partial charge in [0.2, 0.25) is 5.95 Å². The summed E-state index contributed by atoms with van der Waals surface area (Å²) in [4.78, 5) is 23.1. The van der Waals surface area contributed by atoms with E-state index in [9.17, 15) is 4.79 Å². The van der Waals surface area contributed by atoms with Crippen LogP contribution in [0, 0.1) is 5.92 Å².